The van der Waals surface area contributed by atoms with Crippen molar-refractivity contribution < 1.29 is 0 Å². The van der Waals surface area contributed by atoms with E-state index in [1.165, 1.54) is 58.2 Å². The second-order valence-electron chi connectivity index (χ2n) is 6.03. The SMILES string of the molecule is CCNCC1CCN(C2CCC(CC)C2)CC1. The molecule has 1 saturated heterocycles. The van der Waals surface area contributed by atoms with Crippen LogP contribution in [0.1, 0.15) is 52.4 Å². The molecule has 100 valence electrons. The first-order chi connectivity index (χ1) is 8.33. The van der Waals surface area contributed by atoms with Crippen LogP contribution in [-0.4, -0.2) is 37.1 Å². The third-order valence-electron chi connectivity index (χ3n) is 4.94. The van der Waals surface area contributed by atoms with Gasteiger partial charge in [-0.05, 0) is 70.1 Å². The molecular formula is C15H30N2. The van der Waals surface area contributed by atoms with Gasteiger partial charge in [0.25, 0.3) is 0 Å². The minimum absolute atomic E-state index is 0.931. The summed E-state index contributed by atoms with van der Waals surface area (Å²) in [7, 11) is 0. The monoisotopic (exact) mass is 238 g/mol. The summed E-state index contributed by atoms with van der Waals surface area (Å²) in [6, 6.07) is 0.931. The fourth-order valence-electron chi connectivity index (χ4n) is 3.62. The standard InChI is InChI=1S/C15H30N2/c1-3-13-5-6-15(11-13)17-9-7-14(8-10-17)12-16-4-2/h13-16H,3-12H2,1-2H3. The Hall–Kier alpha value is -0.0800. The fourth-order valence-corrected chi connectivity index (χ4v) is 3.62. The largest absolute Gasteiger partial charge is 0.317 e. The van der Waals surface area contributed by atoms with Gasteiger partial charge in [-0.3, -0.25) is 0 Å². The Bertz CT molecular complexity index is 209. The molecule has 0 aromatic heterocycles. The Labute approximate surface area is 107 Å². The maximum Gasteiger partial charge on any atom is 0.00979 e. The van der Waals surface area contributed by atoms with Gasteiger partial charge in [0.05, 0.1) is 0 Å². The van der Waals surface area contributed by atoms with Crippen LogP contribution in [0.15, 0.2) is 0 Å². The van der Waals surface area contributed by atoms with Gasteiger partial charge in [0.1, 0.15) is 0 Å². The van der Waals surface area contributed by atoms with Crippen LogP contribution in [0, 0.1) is 11.8 Å². The normalized spacial score (nSPS) is 32.1. The van der Waals surface area contributed by atoms with E-state index in [-0.39, 0.29) is 0 Å². The first-order valence-electron chi connectivity index (χ1n) is 7.78. The summed E-state index contributed by atoms with van der Waals surface area (Å²) in [6.07, 6.45) is 8.66. The van der Waals surface area contributed by atoms with Crippen molar-refractivity contribution in [2.75, 3.05) is 26.2 Å². The van der Waals surface area contributed by atoms with E-state index in [1.54, 1.807) is 0 Å². The van der Waals surface area contributed by atoms with Crippen molar-refractivity contribution in [3.63, 3.8) is 0 Å². The smallest absolute Gasteiger partial charge is 0.00979 e. The molecule has 2 heteroatoms. The van der Waals surface area contributed by atoms with Gasteiger partial charge < -0.3 is 10.2 Å². The van der Waals surface area contributed by atoms with E-state index < -0.39 is 0 Å². The van der Waals surface area contributed by atoms with Crippen molar-refractivity contribution in [2.45, 2.75) is 58.4 Å². The molecule has 1 saturated carbocycles. The predicted molar refractivity (Wildman–Crippen MR) is 74.3 cm³/mol. The maximum atomic E-state index is 3.50. The van der Waals surface area contributed by atoms with E-state index in [1.807, 2.05) is 0 Å². The average molecular weight is 238 g/mol. The molecule has 0 aromatic rings. The molecule has 1 aliphatic carbocycles. The fraction of sp³-hybridized carbons (Fsp3) is 1.00. The Morgan fingerprint density at radius 3 is 2.35 bits per heavy atom. The number of likely N-dealkylation sites (tertiary alicyclic amines) is 1. The van der Waals surface area contributed by atoms with Crippen LogP contribution < -0.4 is 5.32 Å². The molecule has 0 amide bonds. The van der Waals surface area contributed by atoms with Crippen molar-refractivity contribution in [1.29, 1.82) is 0 Å². The average Bonchev–Trinajstić information content (AvgIpc) is 2.86. The lowest BCUT2D eigenvalue weighted by atomic mass is 9.95. The highest BCUT2D eigenvalue weighted by atomic mass is 15.2. The molecular weight excluding hydrogens is 208 g/mol. The number of hydrogen-bond acceptors (Lipinski definition) is 2. The molecule has 2 nitrogen and oxygen atoms in total. The van der Waals surface area contributed by atoms with E-state index in [9.17, 15) is 0 Å². The van der Waals surface area contributed by atoms with Gasteiger partial charge >= 0.3 is 0 Å². The molecule has 2 fully saturated rings. The molecule has 1 heterocycles. The van der Waals surface area contributed by atoms with E-state index in [4.69, 9.17) is 0 Å². The minimum Gasteiger partial charge on any atom is -0.317 e. The Morgan fingerprint density at radius 2 is 1.76 bits per heavy atom. The van der Waals surface area contributed by atoms with E-state index in [0.29, 0.717) is 0 Å². The summed E-state index contributed by atoms with van der Waals surface area (Å²) >= 11 is 0. The summed E-state index contributed by atoms with van der Waals surface area (Å²) in [5, 5.41) is 3.50. The van der Waals surface area contributed by atoms with E-state index in [2.05, 4.69) is 24.1 Å². The highest BCUT2D eigenvalue weighted by Crippen LogP contribution is 2.33. The van der Waals surface area contributed by atoms with Crippen LogP contribution in [0.25, 0.3) is 0 Å². The molecule has 1 aliphatic heterocycles. The van der Waals surface area contributed by atoms with E-state index in [0.717, 1.165) is 24.4 Å². The zero-order valence-electron chi connectivity index (χ0n) is 11.8. The highest BCUT2D eigenvalue weighted by Gasteiger charge is 2.30. The quantitative estimate of drug-likeness (QED) is 0.792. The number of piperidine rings is 1. The summed E-state index contributed by atoms with van der Waals surface area (Å²) < 4.78 is 0. The second-order valence-corrected chi connectivity index (χ2v) is 6.03. The van der Waals surface area contributed by atoms with Gasteiger partial charge in [-0.1, -0.05) is 20.3 Å². The molecule has 2 aliphatic rings. The molecule has 17 heavy (non-hydrogen) atoms. The molecule has 1 N–H and O–H groups in total. The third-order valence-corrected chi connectivity index (χ3v) is 4.94. The van der Waals surface area contributed by atoms with Crippen LogP contribution in [0.2, 0.25) is 0 Å². The lowest BCUT2D eigenvalue weighted by Crippen LogP contribution is -2.42. The molecule has 2 unspecified atom stereocenters. The van der Waals surface area contributed by atoms with Crippen molar-refractivity contribution >= 4 is 0 Å². The number of nitrogens with one attached hydrogen (secondary N) is 1. The van der Waals surface area contributed by atoms with Crippen LogP contribution >= 0.6 is 0 Å². The topological polar surface area (TPSA) is 15.3 Å². The van der Waals surface area contributed by atoms with Crippen molar-refractivity contribution in [3.8, 4) is 0 Å². The minimum atomic E-state index is 0.931. The molecule has 2 atom stereocenters. The summed E-state index contributed by atoms with van der Waals surface area (Å²) in [5.74, 6) is 1.97. The van der Waals surface area contributed by atoms with Crippen LogP contribution in [0.5, 0.6) is 0 Å². The van der Waals surface area contributed by atoms with Gasteiger partial charge in [0, 0.05) is 6.04 Å². The zero-order valence-corrected chi connectivity index (χ0v) is 11.8. The molecule has 0 aromatic carbocycles. The van der Waals surface area contributed by atoms with E-state index >= 15 is 0 Å². The third kappa shape index (κ3) is 3.69. The Balaban J connectivity index is 1.68. The van der Waals surface area contributed by atoms with Crippen molar-refractivity contribution in [2.24, 2.45) is 11.8 Å². The number of nitrogens with zero attached hydrogens (tertiary/aromatic N) is 1. The van der Waals surface area contributed by atoms with Crippen LogP contribution in [-0.2, 0) is 0 Å². The lowest BCUT2D eigenvalue weighted by molar-refractivity contribution is 0.131. The first kappa shape index (κ1) is 13.4. The summed E-state index contributed by atoms with van der Waals surface area (Å²) in [4.78, 5) is 2.79. The Kier molecular flexibility index (Phi) is 5.30. The second kappa shape index (κ2) is 6.75. The van der Waals surface area contributed by atoms with Gasteiger partial charge in [-0.25, -0.2) is 0 Å². The molecule has 0 bridgehead atoms. The maximum absolute atomic E-state index is 3.50. The van der Waals surface area contributed by atoms with Gasteiger partial charge in [-0.15, -0.1) is 0 Å². The number of rotatable bonds is 5. The van der Waals surface area contributed by atoms with Crippen LogP contribution in [0.4, 0.5) is 0 Å². The summed E-state index contributed by atoms with van der Waals surface area (Å²) in [6.45, 7) is 9.65. The lowest BCUT2D eigenvalue weighted by Gasteiger charge is -2.36. The van der Waals surface area contributed by atoms with Crippen molar-refractivity contribution in [1.82, 2.24) is 10.2 Å². The van der Waals surface area contributed by atoms with Crippen LogP contribution in [0.3, 0.4) is 0 Å². The Morgan fingerprint density at radius 1 is 1.00 bits per heavy atom. The van der Waals surface area contributed by atoms with Crippen molar-refractivity contribution in [3.05, 3.63) is 0 Å². The van der Waals surface area contributed by atoms with Gasteiger partial charge in [0.15, 0.2) is 0 Å². The highest BCUT2D eigenvalue weighted by molar-refractivity contribution is 4.85. The summed E-state index contributed by atoms with van der Waals surface area (Å²) in [5.41, 5.74) is 0. The first-order valence-corrected chi connectivity index (χ1v) is 7.78. The zero-order chi connectivity index (χ0) is 12.1. The molecule has 0 radical (unpaired) electrons. The molecule has 2 rings (SSSR count). The molecule has 0 spiro atoms. The van der Waals surface area contributed by atoms with Gasteiger partial charge in [-0.2, -0.15) is 0 Å². The van der Waals surface area contributed by atoms with Gasteiger partial charge in [0.2, 0.25) is 0 Å². The number of hydrogen-bond donors (Lipinski definition) is 1. The predicted octanol–water partition coefficient (Wildman–Crippen LogP) is 2.89.